The first-order valence-electron chi connectivity index (χ1n) is 21.4. The van der Waals surface area contributed by atoms with Crippen LogP contribution in [-0.2, 0) is 57.1 Å². The lowest BCUT2D eigenvalue weighted by molar-refractivity contribution is -0.351. The SMILES string of the molecule is CC(=O)O[C@H]1C(=O)[C@]2(C)[C@@H](OCOCCO)C[C@H]3OC[C@]3(OC(C)=O)[C@H]2[C@H](OC(=O)c2ccccc2)[C@]2(O)C[C@H](OC(=O)[C@H](O)C(NC(=O)OC(C)(C)C)c3ccco3)C(C)=C1C2(C)C. The fourth-order valence-electron chi connectivity index (χ4n) is 10.0. The number of fused-ring (bicyclic) bond motifs is 5. The first-order valence-corrected chi connectivity index (χ1v) is 21.4. The number of carbonyl (C=O) groups excluding carboxylic acids is 6. The first kappa shape index (κ1) is 49.3. The zero-order valence-corrected chi connectivity index (χ0v) is 37.9. The Morgan fingerprint density at radius 2 is 1.66 bits per heavy atom. The van der Waals surface area contributed by atoms with Gasteiger partial charge >= 0.3 is 30.0 Å². The summed E-state index contributed by atoms with van der Waals surface area (Å²) in [5.41, 5.74) is -8.67. The fraction of sp³-hybridized carbons (Fsp3) is 0.609. The van der Waals surface area contributed by atoms with Gasteiger partial charge < -0.3 is 62.9 Å². The zero-order valence-electron chi connectivity index (χ0n) is 37.9. The first-order chi connectivity index (χ1) is 30.4. The fourth-order valence-corrected chi connectivity index (χ4v) is 10.0. The van der Waals surface area contributed by atoms with Crippen LogP contribution in [0.4, 0.5) is 4.79 Å². The summed E-state index contributed by atoms with van der Waals surface area (Å²) in [6, 6.07) is 9.15. The maximum absolute atomic E-state index is 15.9. The highest BCUT2D eigenvalue weighted by molar-refractivity contribution is 5.95. The lowest BCUT2D eigenvalue weighted by Crippen LogP contribution is -2.82. The number of aliphatic hydroxyl groups is 3. The van der Waals surface area contributed by atoms with Gasteiger partial charge in [-0.25, -0.2) is 14.4 Å². The van der Waals surface area contributed by atoms with Gasteiger partial charge in [-0.1, -0.05) is 32.0 Å². The molecule has 0 spiro atoms. The summed E-state index contributed by atoms with van der Waals surface area (Å²) in [7, 11) is 0. The molecule has 2 bridgehead atoms. The largest absolute Gasteiger partial charge is 0.467 e. The van der Waals surface area contributed by atoms with Gasteiger partial charge in [0.05, 0.1) is 49.1 Å². The van der Waals surface area contributed by atoms with Gasteiger partial charge in [-0.15, -0.1) is 0 Å². The second-order valence-electron chi connectivity index (χ2n) is 18.7. The standard InChI is InChI=1S/C46H59NO18/c1-24-29(62-40(54)34(51)33(28-16-13-18-58-28)47-41(55)65-42(4,5)6)21-46(56)38(63-39(53)27-14-11-10-12-15-27)36-44(9,37(52)35(61-25(2)49)32(24)43(46,7)8)30(60-23-57-19-17-48)20-31-45(36,22-59-31)64-26(3)50/h10-16,18,29-31,33-36,38,48,51,56H,17,19-23H2,1-9H3,(H,47,55)/t29-,30-,31+,33?,34+,35+,36-,38-,44+,45+,46+/m0/s1. The molecule has 19 heteroatoms. The molecule has 3 fully saturated rings. The van der Waals surface area contributed by atoms with Gasteiger partial charge in [0.1, 0.15) is 48.1 Å². The Morgan fingerprint density at radius 1 is 0.969 bits per heavy atom. The summed E-state index contributed by atoms with van der Waals surface area (Å²) in [5.74, 6) is -6.34. The Kier molecular flexibility index (Phi) is 14.1. The van der Waals surface area contributed by atoms with E-state index < -0.39 is 125 Å². The van der Waals surface area contributed by atoms with Crippen molar-refractivity contribution >= 4 is 35.8 Å². The average Bonchev–Trinajstić information content (AvgIpc) is 3.76. The minimum absolute atomic E-state index is 0.0163. The predicted molar refractivity (Wildman–Crippen MR) is 222 cm³/mol. The maximum atomic E-state index is 15.9. The van der Waals surface area contributed by atoms with Gasteiger partial charge in [-0.2, -0.15) is 0 Å². The van der Waals surface area contributed by atoms with Crippen molar-refractivity contribution < 1.29 is 86.4 Å². The highest BCUT2D eigenvalue weighted by Crippen LogP contribution is 2.65. The number of ether oxygens (including phenoxy) is 8. The molecule has 1 amide bonds. The Hall–Kier alpha value is -5.18. The Bertz CT molecular complexity index is 2150. The molecule has 11 atom stereocenters. The molecule has 6 rings (SSSR count). The quantitative estimate of drug-likeness (QED) is 0.0696. The highest BCUT2D eigenvalue weighted by Gasteiger charge is 2.78. The van der Waals surface area contributed by atoms with Crippen molar-refractivity contribution in [2.75, 3.05) is 26.6 Å². The lowest BCUT2D eigenvalue weighted by Gasteiger charge is -2.67. The average molecular weight is 914 g/mol. The van der Waals surface area contributed by atoms with Crippen LogP contribution in [0.1, 0.15) is 97.3 Å². The van der Waals surface area contributed by atoms with Crippen molar-refractivity contribution in [3.05, 3.63) is 71.2 Å². The van der Waals surface area contributed by atoms with Gasteiger partial charge in [0.2, 0.25) is 0 Å². The highest BCUT2D eigenvalue weighted by atomic mass is 16.7. The summed E-state index contributed by atoms with van der Waals surface area (Å²) in [4.78, 5) is 83.9. The van der Waals surface area contributed by atoms with Crippen molar-refractivity contribution in [2.45, 2.75) is 135 Å². The van der Waals surface area contributed by atoms with E-state index >= 15 is 4.79 Å². The molecule has 3 aliphatic carbocycles. The van der Waals surface area contributed by atoms with Crippen LogP contribution in [0.5, 0.6) is 0 Å². The van der Waals surface area contributed by atoms with Gasteiger partial charge in [0, 0.05) is 32.1 Å². The molecule has 1 unspecified atom stereocenters. The smallest absolute Gasteiger partial charge is 0.408 e. The van der Waals surface area contributed by atoms with Crippen molar-refractivity contribution in [2.24, 2.45) is 16.7 Å². The molecule has 1 saturated heterocycles. The number of furan rings is 1. The molecular formula is C46H59NO18. The minimum atomic E-state index is -2.43. The van der Waals surface area contributed by atoms with Gasteiger partial charge in [0.25, 0.3) is 0 Å². The molecule has 2 aromatic rings. The zero-order chi connectivity index (χ0) is 47.9. The van der Waals surface area contributed by atoms with Crippen LogP contribution in [0.3, 0.4) is 0 Å². The Balaban J connectivity index is 1.56. The molecule has 1 aromatic carbocycles. The number of Topliss-reactive ketones (excluding diaryl/α,β-unsaturated/α-hetero) is 1. The van der Waals surface area contributed by atoms with Crippen molar-refractivity contribution in [1.82, 2.24) is 5.32 Å². The third-order valence-electron chi connectivity index (χ3n) is 13.1. The molecule has 65 heavy (non-hydrogen) atoms. The third-order valence-corrected chi connectivity index (χ3v) is 13.1. The number of amides is 1. The van der Waals surface area contributed by atoms with Crippen LogP contribution in [0.15, 0.2) is 64.3 Å². The molecule has 356 valence electrons. The number of hydrogen-bond acceptors (Lipinski definition) is 18. The van der Waals surface area contributed by atoms with E-state index in [1.807, 2.05) is 0 Å². The van der Waals surface area contributed by atoms with Crippen LogP contribution >= 0.6 is 0 Å². The van der Waals surface area contributed by atoms with Crippen molar-refractivity contribution in [3.63, 3.8) is 0 Å². The Morgan fingerprint density at radius 3 is 2.23 bits per heavy atom. The lowest BCUT2D eigenvalue weighted by atomic mass is 9.44. The van der Waals surface area contributed by atoms with Crippen LogP contribution < -0.4 is 5.32 Å². The topological polar surface area (TPSA) is 262 Å². The molecule has 19 nitrogen and oxygen atoms in total. The van der Waals surface area contributed by atoms with Gasteiger partial charge in [0.15, 0.2) is 23.6 Å². The van der Waals surface area contributed by atoms with Gasteiger partial charge in [-0.3, -0.25) is 14.4 Å². The van der Waals surface area contributed by atoms with Crippen molar-refractivity contribution in [3.8, 4) is 0 Å². The molecule has 2 heterocycles. The van der Waals surface area contributed by atoms with Crippen LogP contribution in [0.2, 0.25) is 0 Å². The number of aliphatic hydroxyl groups excluding tert-OH is 2. The van der Waals surface area contributed by atoms with E-state index in [1.165, 1.54) is 44.4 Å². The van der Waals surface area contributed by atoms with Crippen LogP contribution in [0.25, 0.3) is 0 Å². The summed E-state index contributed by atoms with van der Waals surface area (Å²) in [5, 5.41) is 37.3. The molecule has 1 aliphatic heterocycles. The van der Waals surface area contributed by atoms with E-state index in [0.717, 1.165) is 13.8 Å². The summed E-state index contributed by atoms with van der Waals surface area (Å²) in [6.45, 7) is 12.0. The normalized spacial score (nSPS) is 31.3. The van der Waals surface area contributed by atoms with Crippen LogP contribution in [0, 0.1) is 16.7 Å². The molecule has 4 aliphatic rings. The van der Waals surface area contributed by atoms with E-state index in [9.17, 15) is 39.3 Å². The number of rotatable bonds is 14. The van der Waals surface area contributed by atoms with E-state index in [2.05, 4.69) is 5.32 Å². The number of benzene rings is 1. The Labute approximate surface area is 376 Å². The third kappa shape index (κ3) is 9.18. The van der Waals surface area contributed by atoms with E-state index in [4.69, 9.17) is 42.3 Å². The molecule has 0 radical (unpaired) electrons. The minimum Gasteiger partial charge on any atom is -0.467 e. The van der Waals surface area contributed by atoms with E-state index in [0.29, 0.717) is 0 Å². The summed E-state index contributed by atoms with van der Waals surface area (Å²) < 4.78 is 53.3. The number of carbonyl (C=O) groups is 6. The van der Waals surface area contributed by atoms with E-state index in [-0.39, 0.29) is 48.7 Å². The van der Waals surface area contributed by atoms with Gasteiger partial charge in [-0.05, 0) is 70.0 Å². The van der Waals surface area contributed by atoms with Crippen molar-refractivity contribution in [1.29, 1.82) is 0 Å². The predicted octanol–water partition coefficient (Wildman–Crippen LogP) is 3.41. The number of hydrogen-bond donors (Lipinski definition) is 4. The van der Waals surface area contributed by atoms with Crippen LogP contribution in [-0.4, -0.2) is 131 Å². The number of nitrogens with one attached hydrogen (secondary N) is 1. The maximum Gasteiger partial charge on any atom is 0.408 e. The molecular weight excluding hydrogens is 854 g/mol. The summed E-state index contributed by atoms with van der Waals surface area (Å²) in [6.07, 6.45) is -10.00. The molecule has 4 N–H and O–H groups in total. The monoisotopic (exact) mass is 913 g/mol. The number of ketones is 1. The molecule has 1 aromatic heterocycles. The van der Waals surface area contributed by atoms with E-state index in [1.54, 1.807) is 52.8 Å². The second kappa shape index (κ2) is 18.6. The molecule has 2 saturated carbocycles. The number of esters is 4. The number of alkyl carbamates (subject to hydrolysis) is 1. The second-order valence-corrected chi connectivity index (χ2v) is 18.7. The summed E-state index contributed by atoms with van der Waals surface area (Å²) >= 11 is 0.